The third-order valence-corrected chi connectivity index (χ3v) is 4.83. The molecule has 2 aliphatic carbocycles. The van der Waals surface area contributed by atoms with E-state index in [9.17, 15) is 0 Å². The lowest BCUT2D eigenvalue weighted by atomic mass is 9.86. The SMILES string of the molecule is COB(O[C@H]1CCCC[C@@H]1C)O[C@@H]1CCCC[C@H]1C. The van der Waals surface area contributed by atoms with E-state index in [1.165, 1.54) is 38.5 Å². The molecule has 0 unspecified atom stereocenters. The molecular formula is C15H29BO3. The van der Waals surface area contributed by atoms with Crippen LogP contribution in [-0.4, -0.2) is 26.6 Å². The summed E-state index contributed by atoms with van der Waals surface area (Å²) >= 11 is 0. The molecule has 0 N–H and O–H groups in total. The molecule has 0 aromatic rings. The summed E-state index contributed by atoms with van der Waals surface area (Å²) < 4.78 is 17.5. The Morgan fingerprint density at radius 1 is 0.737 bits per heavy atom. The third kappa shape index (κ3) is 4.47. The molecule has 0 aromatic carbocycles. The van der Waals surface area contributed by atoms with Crippen molar-refractivity contribution in [2.24, 2.45) is 11.8 Å². The van der Waals surface area contributed by atoms with Crippen LogP contribution in [0.2, 0.25) is 0 Å². The Labute approximate surface area is 118 Å². The fraction of sp³-hybridized carbons (Fsp3) is 1.00. The van der Waals surface area contributed by atoms with Gasteiger partial charge in [-0.2, -0.15) is 0 Å². The molecule has 0 amide bonds. The van der Waals surface area contributed by atoms with Gasteiger partial charge in [-0.3, -0.25) is 0 Å². The lowest BCUT2D eigenvalue weighted by Gasteiger charge is -2.34. The minimum Gasteiger partial charge on any atom is -0.389 e. The maximum Gasteiger partial charge on any atom is 0.639 e. The molecule has 0 aromatic heterocycles. The Bertz CT molecular complexity index is 238. The second-order valence-electron chi connectivity index (χ2n) is 6.40. The molecular weight excluding hydrogens is 239 g/mol. The molecule has 2 fully saturated rings. The Balaban J connectivity index is 1.81. The van der Waals surface area contributed by atoms with Crippen LogP contribution in [-0.2, 0) is 14.0 Å². The van der Waals surface area contributed by atoms with Crippen LogP contribution >= 0.6 is 0 Å². The van der Waals surface area contributed by atoms with Crippen LogP contribution in [0.25, 0.3) is 0 Å². The molecule has 2 saturated carbocycles. The molecule has 0 spiro atoms. The topological polar surface area (TPSA) is 27.7 Å². The average Bonchev–Trinajstić information content (AvgIpc) is 2.42. The first-order chi connectivity index (χ1) is 9.20. The first-order valence-electron chi connectivity index (χ1n) is 8.04. The molecule has 4 heteroatoms. The summed E-state index contributed by atoms with van der Waals surface area (Å²) in [7, 11) is 1.21. The molecule has 0 radical (unpaired) electrons. The van der Waals surface area contributed by atoms with E-state index < -0.39 is 7.32 Å². The normalized spacial score (nSPS) is 36.2. The van der Waals surface area contributed by atoms with E-state index in [1.54, 1.807) is 7.11 Å². The van der Waals surface area contributed by atoms with Crippen LogP contribution < -0.4 is 0 Å². The number of hydrogen-bond donors (Lipinski definition) is 0. The zero-order chi connectivity index (χ0) is 13.7. The van der Waals surface area contributed by atoms with Crippen LogP contribution in [0.5, 0.6) is 0 Å². The van der Waals surface area contributed by atoms with Gasteiger partial charge in [0.05, 0.1) is 0 Å². The quantitative estimate of drug-likeness (QED) is 0.710. The van der Waals surface area contributed by atoms with Gasteiger partial charge in [0.1, 0.15) is 0 Å². The van der Waals surface area contributed by atoms with Crippen molar-refractivity contribution in [3.05, 3.63) is 0 Å². The van der Waals surface area contributed by atoms with Crippen LogP contribution in [0.1, 0.15) is 65.2 Å². The van der Waals surface area contributed by atoms with Crippen LogP contribution in [0.15, 0.2) is 0 Å². The van der Waals surface area contributed by atoms with E-state index in [4.69, 9.17) is 14.0 Å². The molecule has 0 bridgehead atoms. The maximum absolute atomic E-state index is 6.06. The zero-order valence-corrected chi connectivity index (χ0v) is 12.8. The van der Waals surface area contributed by atoms with Gasteiger partial charge in [0.2, 0.25) is 0 Å². The van der Waals surface area contributed by atoms with Gasteiger partial charge in [0, 0.05) is 19.3 Å². The summed E-state index contributed by atoms with van der Waals surface area (Å²) in [6.45, 7) is 4.56. The number of hydrogen-bond acceptors (Lipinski definition) is 3. The van der Waals surface area contributed by atoms with Crippen LogP contribution in [0.3, 0.4) is 0 Å². The first kappa shape index (κ1) is 15.3. The van der Waals surface area contributed by atoms with Gasteiger partial charge in [0.25, 0.3) is 0 Å². The van der Waals surface area contributed by atoms with Crippen molar-refractivity contribution >= 4 is 7.32 Å². The number of rotatable bonds is 5. The predicted octanol–water partition coefficient (Wildman–Crippen LogP) is 3.81. The lowest BCUT2D eigenvalue weighted by molar-refractivity contribution is -0.0124. The van der Waals surface area contributed by atoms with Crippen molar-refractivity contribution in [1.29, 1.82) is 0 Å². The van der Waals surface area contributed by atoms with Crippen molar-refractivity contribution in [2.45, 2.75) is 77.4 Å². The van der Waals surface area contributed by atoms with E-state index >= 15 is 0 Å². The summed E-state index contributed by atoms with van der Waals surface area (Å²) in [5, 5.41) is 0. The standard InChI is InChI=1S/C15H29BO3/c1-12-8-4-6-10-14(12)18-16(17-3)19-15-11-7-5-9-13(15)2/h12-15H,4-11H2,1-3H3/t12-,13+,14-,15+. The van der Waals surface area contributed by atoms with Crippen molar-refractivity contribution in [3.8, 4) is 0 Å². The Hall–Kier alpha value is -0.0551. The highest BCUT2D eigenvalue weighted by Gasteiger charge is 2.34. The van der Waals surface area contributed by atoms with Gasteiger partial charge >= 0.3 is 7.32 Å². The van der Waals surface area contributed by atoms with Crippen molar-refractivity contribution in [2.75, 3.05) is 7.11 Å². The molecule has 2 rings (SSSR count). The monoisotopic (exact) mass is 268 g/mol. The van der Waals surface area contributed by atoms with Crippen LogP contribution in [0, 0.1) is 11.8 Å². The average molecular weight is 268 g/mol. The molecule has 19 heavy (non-hydrogen) atoms. The van der Waals surface area contributed by atoms with E-state index in [2.05, 4.69) is 13.8 Å². The third-order valence-electron chi connectivity index (χ3n) is 4.83. The summed E-state index contributed by atoms with van der Waals surface area (Å²) in [6.07, 6.45) is 10.6. The molecule has 2 aliphatic rings. The molecule has 4 atom stereocenters. The van der Waals surface area contributed by atoms with Gasteiger partial charge in [-0.1, -0.05) is 39.5 Å². The van der Waals surface area contributed by atoms with Crippen molar-refractivity contribution in [3.63, 3.8) is 0 Å². The largest absolute Gasteiger partial charge is 0.639 e. The second-order valence-corrected chi connectivity index (χ2v) is 6.40. The Morgan fingerprint density at radius 2 is 1.16 bits per heavy atom. The highest BCUT2D eigenvalue weighted by molar-refractivity contribution is 6.36. The molecule has 3 nitrogen and oxygen atoms in total. The highest BCUT2D eigenvalue weighted by atomic mass is 16.7. The first-order valence-corrected chi connectivity index (χ1v) is 8.04. The van der Waals surface area contributed by atoms with E-state index in [-0.39, 0.29) is 0 Å². The highest BCUT2D eigenvalue weighted by Crippen LogP contribution is 2.29. The van der Waals surface area contributed by atoms with Gasteiger partial charge in [-0.25, -0.2) is 0 Å². The van der Waals surface area contributed by atoms with Crippen molar-refractivity contribution in [1.82, 2.24) is 0 Å². The summed E-state index contributed by atoms with van der Waals surface area (Å²) in [4.78, 5) is 0. The molecule has 0 saturated heterocycles. The Kier molecular flexibility index (Phi) is 6.18. The minimum absolute atomic E-state index is 0.303. The predicted molar refractivity (Wildman–Crippen MR) is 77.8 cm³/mol. The minimum atomic E-state index is -0.476. The Morgan fingerprint density at radius 3 is 1.53 bits per heavy atom. The maximum atomic E-state index is 6.06. The molecule has 0 heterocycles. The lowest BCUT2D eigenvalue weighted by Crippen LogP contribution is -2.40. The second kappa shape index (κ2) is 7.65. The van der Waals surface area contributed by atoms with Gasteiger partial charge in [-0.05, 0) is 37.5 Å². The molecule has 110 valence electrons. The van der Waals surface area contributed by atoms with Gasteiger partial charge in [0.15, 0.2) is 0 Å². The van der Waals surface area contributed by atoms with E-state index in [0.29, 0.717) is 24.0 Å². The zero-order valence-electron chi connectivity index (χ0n) is 12.8. The summed E-state index contributed by atoms with van der Waals surface area (Å²) in [5.41, 5.74) is 0. The van der Waals surface area contributed by atoms with Gasteiger partial charge < -0.3 is 14.0 Å². The van der Waals surface area contributed by atoms with E-state index in [0.717, 1.165) is 12.8 Å². The summed E-state index contributed by atoms with van der Waals surface area (Å²) in [5.74, 6) is 1.25. The van der Waals surface area contributed by atoms with Gasteiger partial charge in [-0.15, -0.1) is 0 Å². The fourth-order valence-electron chi connectivity index (χ4n) is 3.40. The smallest absolute Gasteiger partial charge is 0.389 e. The molecule has 0 aliphatic heterocycles. The summed E-state index contributed by atoms with van der Waals surface area (Å²) in [6, 6.07) is 0. The van der Waals surface area contributed by atoms with E-state index in [1.807, 2.05) is 0 Å². The fourth-order valence-corrected chi connectivity index (χ4v) is 3.40. The van der Waals surface area contributed by atoms with Crippen LogP contribution in [0.4, 0.5) is 0 Å². The van der Waals surface area contributed by atoms with Crippen molar-refractivity contribution < 1.29 is 14.0 Å².